The van der Waals surface area contributed by atoms with Gasteiger partial charge in [0.2, 0.25) is 5.54 Å². The summed E-state index contributed by atoms with van der Waals surface area (Å²) in [4.78, 5) is 40.4. The Kier molecular flexibility index (Phi) is 7.50. The Hall–Kier alpha value is -3.67. The van der Waals surface area contributed by atoms with Crippen LogP contribution in [0.5, 0.6) is 5.75 Å². The summed E-state index contributed by atoms with van der Waals surface area (Å²) >= 11 is 6.52. The number of benzene rings is 2. The number of imidazole rings is 1. The maximum Gasteiger partial charge on any atom is 0.253 e. The van der Waals surface area contributed by atoms with E-state index >= 15 is 0 Å². The number of hydrogen-bond donors (Lipinski definition) is 5. The Bertz CT molecular complexity index is 1340. The number of H-pyrrole nitrogens is 1. The van der Waals surface area contributed by atoms with E-state index in [9.17, 15) is 9.59 Å². The highest BCUT2D eigenvalue weighted by Crippen LogP contribution is 2.34. The molecule has 0 saturated carbocycles. The highest BCUT2D eigenvalue weighted by Gasteiger charge is 2.54. The largest absolute Gasteiger partial charge is 0.493 e. The number of halogens is 1. The lowest BCUT2D eigenvalue weighted by Gasteiger charge is -2.28. The topological polar surface area (TPSA) is 150 Å². The quantitative estimate of drug-likeness (QED) is 0.259. The summed E-state index contributed by atoms with van der Waals surface area (Å²) in [6.07, 6.45) is 2.20. The van der Waals surface area contributed by atoms with E-state index < -0.39 is 23.4 Å². The van der Waals surface area contributed by atoms with Gasteiger partial charge in [-0.15, -0.1) is 0 Å². The molecule has 1 fully saturated rings. The fraction of sp³-hybridized carbons (Fsp3) is 0.385. The fourth-order valence-electron chi connectivity index (χ4n) is 4.85. The van der Waals surface area contributed by atoms with E-state index in [1.807, 2.05) is 25.1 Å². The van der Waals surface area contributed by atoms with Crippen molar-refractivity contribution in [3.05, 3.63) is 52.8 Å². The molecule has 5 rings (SSSR count). The number of rotatable bonds is 9. The zero-order valence-corrected chi connectivity index (χ0v) is 21.8. The number of fused-ring (bicyclic) bond motifs is 1. The lowest BCUT2D eigenvalue weighted by Crippen LogP contribution is -2.59. The van der Waals surface area contributed by atoms with Crippen LogP contribution in [0.15, 0.2) is 41.4 Å². The van der Waals surface area contributed by atoms with E-state index in [-0.39, 0.29) is 5.82 Å². The number of aryl methyl sites for hydroxylation is 1. The number of carbonyl (C=O) groups excluding carboxylic acids is 2. The number of carbonyl (C=O) groups is 2. The van der Waals surface area contributed by atoms with Crippen LogP contribution >= 0.6 is 11.6 Å². The van der Waals surface area contributed by atoms with Crippen molar-refractivity contribution in [3.8, 4) is 5.75 Å². The molecule has 2 aliphatic rings. The van der Waals surface area contributed by atoms with E-state index in [1.54, 1.807) is 18.2 Å². The van der Waals surface area contributed by atoms with Crippen molar-refractivity contribution in [1.29, 1.82) is 0 Å². The average Bonchev–Trinajstić information content (AvgIpc) is 3.55. The van der Waals surface area contributed by atoms with Crippen molar-refractivity contribution >= 4 is 46.5 Å². The number of piperazine rings is 1. The molecule has 3 aromatic rings. The second-order valence-corrected chi connectivity index (χ2v) is 9.89. The number of anilines is 1. The molecular weight excluding hydrogens is 508 g/mol. The molecule has 38 heavy (non-hydrogen) atoms. The first kappa shape index (κ1) is 26.0. The van der Waals surface area contributed by atoms with Gasteiger partial charge in [0, 0.05) is 38.8 Å². The van der Waals surface area contributed by atoms with Gasteiger partial charge in [0.15, 0.2) is 6.04 Å². The molecule has 0 aliphatic carbocycles. The monoisotopic (exact) mass is 538 g/mol. The van der Waals surface area contributed by atoms with Gasteiger partial charge in [0.1, 0.15) is 11.6 Å². The van der Waals surface area contributed by atoms with Crippen LogP contribution in [0.4, 0.5) is 5.69 Å². The number of aliphatic imine (C=N–C) groups is 1. The number of aromatic nitrogens is 2. The highest BCUT2D eigenvalue weighted by molar-refractivity contribution is 6.34. The number of para-hydroxylation sites is 2. The van der Waals surface area contributed by atoms with Gasteiger partial charge in [-0.05, 0) is 37.1 Å². The minimum absolute atomic E-state index is 0.204. The molecule has 0 bridgehead atoms. The van der Waals surface area contributed by atoms with Crippen LogP contribution in [0.3, 0.4) is 0 Å². The van der Waals surface area contributed by atoms with E-state index in [4.69, 9.17) is 22.1 Å². The maximum absolute atomic E-state index is 13.4. The third-order valence-corrected chi connectivity index (χ3v) is 7.25. The first-order chi connectivity index (χ1) is 18.4. The second kappa shape index (κ2) is 11.0. The number of nitrogens with one attached hydrogen (secondary N) is 4. The van der Waals surface area contributed by atoms with Gasteiger partial charge >= 0.3 is 0 Å². The van der Waals surface area contributed by atoms with Crippen LogP contribution in [-0.4, -0.2) is 78.4 Å². The summed E-state index contributed by atoms with van der Waals surface area (Å²) in [7, 11) is 0. The minimum Gasteiger partial charge on any atom is -0.493 e. The summed E-state index contributed by atoms with van der Waals surface area (Å²) < 4.78 is 5.97. The molecule has 3 heterocycles. The lowest BCUT2D eigenvalue weighted by molar-refractivity contribution is -0.129. The Labute approximate surface area is 225 Å². The zero-order chi connectivity index (χ0) is 26.7. The van der Waals surface area contributed by atoms with Gasteiger partial charge in [-0.2, -0.15) is 0 Å². The van der Waals surface area contributed by atoms with Gasteiger partial charge in [-0.1, -0.05) is 23.7 Å². The number of hydrogen-bond acceptors (Lipinski definition) is 8. The summed E-state index contributed by atoms with van der Waals surface area (Å²) in [5.74, 6) is -0.490. The number of primary amides is 1. The van der Waals surface area contributed by atoms with Crippen molar-refractivity contribution in [2.75, 3.05) is 44.6 Å². The Morgan fingerprint density at radius 3 is 2.82 bits per heavy atom. The van der Waals surface area contributed by atoms with Crippen LogP contribution in [0.25, 0.3) is 11.0 Å². The molecule has 12 heteroatoms. The first-order valence-corrected chi connectivity index (χ1v) is 13.0. The van der Waals surface area contributed by atoms with Gasteiger partial charge in [0.05, 0.1) is 34.7 Å². The molecule has 0 radical (unpaired) electrons. The molecule has 2 aromatic carbocycles. The van der Waals surface area contributed by atoms with Crippen LogP contribution in [-0.2, 0) is 15.1 Å². The minimum atomic E-state index is -1.68. The molecule has 2 atom stereocenters. The standard InChI is InChI=1S/C26H31ClN8O3/c1-16-13-20(17(27)14-21(16)38-12-4-9-35-10-7-29-8-11-35)32-23(36)22-26(24(28)37,31-15-30-22)25-33-18-5-2-3-6-19(18)34-25/h2-3,5-6,13-15,22,29H,4,7-12H2,1H3,(H2,28,37)(H,30,31)(H,32,36)(H,33,34). The normalized spacial score (nSPS) is 21.4. The van der Waals surface area contributed by atoms with E-state index in [0.29, 0.717) is 34.1 Å². The average molecular weight is 539 g/mol. The van der Waals surface area contributed by atoms with Crippen LogP contribution in [0.1, 0.15) is 17.8 Å². The Balaban J connectivity index is 1.28. The van der Waals surface area contributed by atoms with Gasteiger partial charge in [-0.25, -0.2) is 4.98 Å². The van der Waals surface area contributed by atoms with Gasteiger partial charge < -0.3 is 36.3 Å². The molecule has 2 unspecified atom stereocenters. The Morgan fingerprint density at radius 2 is 2.05 bits per heavy atom. The lowest BCUT2D eigenvalue weighted by atomic mass is 9.88. The number of amides is 2. The summed E-state index contributed by atoms with van der Waals surface area (Å²) in [6.45, 7) is 7.56. The number of nitrogens with two attached hydrogens (primary N) is 1. The van der Waals surface area contributed by atoms with E-state index in [1.165, 1.54) is 6.34 Å². The van der Waals surface area contributed by atoms with Gasteiger partial charge in [0.25, 0.3) is 11.8 Å². The van der Waals surface area contributed by atoms with Crippen LogP contribution in [0.2, 0.25) is 5.02 Å². The summed E-state index contributed by atoms with van der Waals surface area (Å²) in [5, 5.41) is 9.33. The summed E-state index contributed by atoms with van der Waals surface area (Å²) in [6, 6.07) is 9.51. The third-order valence-electron chi connectivity index (χ3n) is 6.93. The molecule has 2 aliphatic heterocycles. The van der Waals surface area contributed by atoms with Crippen molar-refractivity contribution < 1.29 is 14.3 Å². The maximum atomic E-state index is 13.4. The molecule has 200 valence electrons. The molecule has 2 amide bonds. The number of ether oxygens (including phenoxy) is 1. The van der Waals surface area contributed by atoms with Crippen LogP contribution in [0, 0.1) is 6.92 Å². The zero-order valence-electron chi connectivity index (χ0n) is 21.1. The van der Waals surface area contributed by atoms with Crippen molar-refractivity contribution in [3.63, 3.8) is 0 Å². The molecule has 1 saturated heterocycles. The van der Waals surface area contributed by atoms with Crippen molar-refractivity contribution in [1.82, 2.24) is 25.5 Å². The smallest absolute Gasteiger partial charge is 0.253 e. The van der Waals surface area contributed by atoms with Crippen molar-refractivity contribution in [2.24, 2.45) is 10.7 Å². The predicted molar refractivity (Wildman–Crippen MR) is 147 cm³/mol. The predicted octanol–water partition coefficient (Wildman–Crippen LogP) is 1.52. The molecule has 1 aromatic heterocycles. The van der Waals surface area contributed by atoms with Crippen LogP contribution < -0.4 is 26.4 Å². The number of aromatic amines is 1. The van der Waals surface area contributed by atoms with E-state index in [2.05, 4.69) is 35.8 Å². The van der Waals surface area contributed by atoms with Gasteiger partial charge in [-0.3, -0.25) is 14.6 Å². The molecule has 6 N–H and O–H groups in total. The molecule has 11 nitrogen and oxygen atoms in total. The summed E-state index contributed by atoms with van der Waals surface area (Å²) in [5.41, 5.74) is 6.68. The third kappa shape index (κ3) is 5.04. The second-order valence-electron chi connectivity index (χ2n) is 9.48. The Morgan fingerprint density at radius 1 is 1.26 bits per heavy atom. The number of nitrogens with zero attached hydrogens (tertiary/aromatic N) is 3. The molecular formula is C26H31ClN8O3. The molecule has 0 spiro atoms. The first-order valence-electron chi connectivity index (χ1n) is 12.6. The highest BCUT2D eigenvalue weighted by atomic mass is 35.5. The SMILES string of the molecule is Cc1cc(NC(=O)C2N=CNC2(C(N)=O)c2nc3ccccc3[nH]2)c(Cl)cc1OCCCN1CCNCC1. The van der Waals surface area contributed by atoms with Crippen molar-refractivity contribution in [2.45, 2.75) is 24.9 Å². The van der Waals surface area contributed by atoms with E-state index in [0.717, 1.165) is 44.7 Å². The fourth-order valence-corrected chi connectivity index (χ4v) is 5.05.